The molecule has 1 amide bonds. The second-order valence-electron chi connectivity index (χ2n) is 4.86. The van der Waals surface area contributed by atoms with Crippen LogP contribution in [0.2, 0.25) is 0 Å². The van der Waals surface area contributed by atoms with E-state index in [1.165, 1.54) is 0 Å². The smallest absolute Gasteiger partial charge is 0.233 e. The molecule has 2 atom stereocenters. The number of nitrogens with one attached hydrogen (secondary N) is 1. The first-order valence-corrected chi connectivity index (χ1v) is 7.96. The van der Waals surface area contributed by atoms with Crippen molar-refractivity contribution in [3.63, 3.8) is 0 Å². The van der Waals surface area contributed by atoms with Crippen LogP contribution in [-0.4, -0.2) is 23.5 Å². The molecule has 106 valence electrons. The molecule has 0 radical (unpaired) electrons. The van der Waals surface area contributed by atoms with Crippen molar-refractivity contribution in [1.29, 1.82) is 0 Å². The number of nitrogens with two attached hydrogens (primary N) is 1. The molecule has 2 rings (SSSR count). The third-order valence-corrected chi connectivity index (χ3v) is 4.70. The Hall–Kier alpha value is -1.44. The molecule has 0 aromatic heterocycles. The lowest BCUT2D eigenvalue weighted by atomic mass is 10.1. The highest BCUT2D eigenvalue weighted by Crippen LogP contribution is 2.27. The van der Waals surface area contributed by atoms with E-state index in [1.54, 1.807) is 11.8 Å². The maximum atomic E-state index is 12.1. The molecule has 4 heteroatoms. The minimum atomic E-state index is 0.0280. The highest BCUT2D eigenvalue weighted by molar-refractivity contribution is 8.00. The fourth-order valence-electron chi connectivity index (χ4n) is 2.18. The van der Waals surface area contributed by atoms with E-state index < -0.39 is 0 Å². The van der Waals surface area contributed by atoms with Crippen molar-refractivity contribution in [2.24, 2.45) is 5.73 Å². The van der Waals surface area contributed by atoms with E-state index in [0.717, 1.165) is 29.7 Å². The fraction of sp³-hybridized carbons (Fsp3) is 0.438. The maximum Gasteiger partial charge on any atom is 0.233 e. The molecule has 1 aromatic carbocycles. The molecule has 1 aliphatic rings. The summed E-state index contributed by atoms with van der Waals surface area (Å²) in [6.07, 6.45) is 2.14. The summed E-state index contributed by atoms with van der Waals surface area (Å²) >= 11 is 1.76. The van der Waals surface area contributed by atoms with Crippen LogP contribution in [-0.2, 0) is 4.79 Å². The predicted octanol–water partition coefficient (Wildman–Crippen LogP) is 2.07. The number of rotatable bonds is 3. The van der Waals surface area contributed by atoms with Crippen LogP contribution >= 0.6 is 11.8 Å². The van der Waals surface area contributed by atoms with E-state index >= 15 is 0 Å². The summed E-state index contributed by atoms with van der Waals surface area (Å²) in [6, 6.07) is 7.97. The van der Waals surface area contributed by atoms with Gasteiger partial charge in [0.1, 0.15) is 0 Å². The van der Waals surface area contributed by atoms with Crippen molar-refractivity contribution in [3.05, 3.63) is 35.4 Å². The van der Waals surface area contributed by atoms with Gasteiger partial charge < -0.3 is 11.1 Å². The molecule has 0 spiro atoms. The number of hydrogen-bond donors (Lipinski definition) is 2. The molecule has 1 aromatic rings. The van der Waals surface area contributed by atoms with Gasteiger partial charge in [-0.3, -0.25) is 4.79 Å². The summed E-state index contributed by atoms with van der Waals surface area (Å²) in [5.41, 5.74) is 7.39. The van der Waals surface area contributed by atoms with Crippen LogP contribution < -0.4 is 11.1 Å². The Morgan fingerprint density at radius 3 is 2.85 bits per heavy atom. The first-order valence-electron chi connectivity index (χ1n) is 6.91. The van der Waals surface area contributed by atoms with Gasteiger partial charge in [-0.2, -0.15) is 0 Å². The van der Waals surface area contributed by atoms with Gasteiger partial charge in [0.15, 0.2) is 0 Å². The average molecular weight is 288 g/mol. The predicted molar refractivity (Wildman–Crippen MR) is 84.4 cm³/mol. The topological polar surface area (TPSA) is 55.1 Å². The van der Waals surface area contributed by atoms with Crippen molar-refractivity contribution in [3.8, 4) is 11.8 Å². The van der Waals surface area contributed by atoms with Crippen molar-refractivity contribution in [2.75, 3.05) is 12.3 Å². The van der Waals surface area contributed by atoms with E-state index in [9.17, 15) is 4.79 Å². The van der Waals surface area contributed by atoms with Crippen molar-refractivity contribution < 1.29 is 4.79 Å². The summed E-state index contributed by atoms with van der Waals surface area (Å²) in [6.45, 7) is 2.38. The second kappa shape index (κ2) is 7.37. The van der Waals surface area contributed by atoms with Crippen LogP contribution in [0, 0.1) is 11.8 Å². The molecule has 2 unspecified atom stereocenters. The highest BCUT2D eigenvalue weighted by Gasteiger charge is 2.24. The van der Waals surface area contributed by atoms with Gasteiger partial charge in [0.05, 0.1) is 17.8 Å². The second-order valence-corrected chi connectivity index (χ2v) is 6.17. The Labute approximate surface area is 124 Å². The summed E-state index contributed by atoms with van der Waals surface area (Å²) < 4.78 is 0. The molecule has 3 nitrogen and oxygen atoms in total. The average Bonchev–Trinajstić information content (AvgIpc) is 3.00. The SMILES string of the molecule is CC(NC(=O)C1CCCS1)c1ccc(C#CCN)cc1. The molecule has 0 bridgehead atoms. The number of thioether (sulfide) groups is 1. The molecule has 1 fully saturated rings. The van der Waals surface area contributed by atoms with Gasteiger partial charge in [0.2, 0.25) is 5.91 Å². The first kappa shape index (κ1) is 15.0. The van der Waals surface area contributed by atoms with Crippen LogP contribution in [0.1, 0.15) is 36.9 Å². The monoisotopic (exact) mass is 288 g/mol. The van der Waals surface area contributed by atoms with Gasteiger partial charge in [-0.05, 0) is 43.2 Å². The molecular formula is C16H20N2OS. The Balaban J connectivity index is 1.94. The van der Waals surface area contributed by atoms with Crippen LogP contribution in [0.3, 0.4) is 0 Å². The molecule has 1 saturated heterocycles. The Bertz CT molecular complexity index is 510. The quantitative estimate of drug-likeness (QED) is 0.837. The van der Waals surface area contributed by atoms with Crippen LogP contribution in [0.4, 0.5) is 0 Å². The van der Waals surface area contributed by atoms with Gasteiger partial charge in [0, 0.05) is 5.56 Å². The van der Waals surface area contributed by atoms with Crippen LogP contribution in [0.5, 0.6) is 0 Å². The lowest BCUT2D eigenvalue weighted by Gasteiger charge is -2.17. The summed E-state index contributed by atoms with van der Waals surface area (Å²) in [5, 5.41) is 3.22. The highest BCUT2D eigenvalue weighted by atomic mass is 32.2. The molecular weight excluding hydrogens is 268 g/mol. The summed E-state index contributed by atoms with van der Waals surface area (Å²) in [7, 11) is 0. The van der Waals surface area contributed by atoms with Gasteiger partial charge >= 0.3 is 0 Å². The van der Waals surface area contributed by atoms with E-state index in [1.807, 2.05) is 31.2 Å². The van der Waals surface area contributed by atoms with Gasteiger partial charge in [-0.15, -0.1) is 11.8 Å². The number of carbonyl (C=O) groups excluding carboxylic acids is 1. The maximum absolute atomic E-state index is 12.1. The number of hydrogen-bond acceptors (Lipinski definition) is 3. The minimum Gasteiger partial charge on any atom is -0.349 e. The number of benzene rings is 1. The lowest BCUT2D eigenvalue weighted by molar-refractivity contribution is -0.121. The Morgan fingerprint density at radius 2 is 2.25 bits per heavy atom. The van der Waals surface area contributed by atoms with Crippen molar-refractivity contribution in [2.45, 2.75) is 31.1 Å². The third-order valence-electron chi connectivity index (χ3n) is 3.33. The zero-order valence-corrected chi connectivity index (χ0v) is 12.5. The third kappa shape index (κ3) is 4.03. The zero-order chi connectivity index (χ0) is 14.4. The van der Waals surface area contributed by atoms with Crippen LogP contribution in [0.25, 0.3) is 0 Å². The normalized spacial score (nSPS) is 19.0. The van der Waals surface area contributed by atoms with E-state index in [4.69, 9.17) is 5.73 Å². The largest absolute Gasteiger partial charge is 0.349 e. The molecule has 1 heterocycles. The molecule has 0 saturated carbocycles. The lowest BCUT2D eigenvalue weighted by Crippen LogP contribution is -2.33. The fourth-order valence-corrected chi connectivity index (χ4v) is 3.35. The van der Waals surface area contributed by atoms with Crippen molar-refractivity contribution in [1.82, 2.24) is 5.32 Å². The standard InChI is InChI=1S/C16H20N2OS/c1-12(18-16(19)15-5-3-11-20-15)14-8-6-13(7-9-14)4-2-10-17/h6-9,12,15H,3,5,10-11,17H2,1H3,(H,18,19). The molecule has 1 aliphatic heterocycles. The first-order chi connectivity index (χ1) is 9.70. The van der Waals surface area contributed by atoms with Gasteiger partial charge in [-0.1, -0.05) is 24.0 Å². The van der Waals surface area contributed by atoms with E-state index in [-0.39, 0.29) is 17.2 Å². The Morgan fingerprint density at radius 1 is 1.50 bits per heavy atom. The molecule has 3 N–H and O–H groups in total. The number of carbonyl (C=O) groups is 1. The van der Waals surface area contributed by atoms with E-state index in [0.29, 0.717) is 6.54 Å². The van der Waals surface area contributed by atoms with E-state index in [2.05, 4.69) is 17.2 Å². The van der Waals surface area contributed by atoms with Crippen molar-refractivity contribution >= 4 is 17.7 Å². The molecule has 0 aliphatic carbocycles. The van der Waals surface area contributed by atoms with Gasteiger partial charge in [-0.25, -0.2) is 0 Å². The van der Waals surface area contributed by atoms with Crippen LogP contribution in [0.15, 0.2) is 24.3 Å². The summed E-state index contributed by atoms with van der Waals surface area (Å²) in [4.78, 5) is 12.1. The molecule has 20 heavy (non-hydrogen) atoms. The number of amides is 1. The minimum absolute atomic E-state index is 0.0280. The summed E-state index contributed by atoms with van der Waals surface area (Å²) in [5.74, 6) is 7.08. The Kier molecular flexibility index (Phi) is 5.51. The zero-order valence-electron chi connectivity index (χ0n) is 11.7. The van der Waals surface area contributed by atoms with Gasteiger partial charge in [0.25, 0.3) is 0 Å².